The zero-order valence-electron chi connectivity index (χ0n) is 41.2. The van der Waals surface area contributed by atoms with Crippen LogP contribution in [0.15, 0.2) is 0 Å². The van der Waals surface area contributed by atoms with E-state index in [9.17, 15) is 28.8 Å². The molecule has 0 spiro atoms. The SMILES string of the molecule is COCCCCCCOC(=O)OCCCCCCOC(=O)OCCCCCCOC(=O)OCCCCCCOC(=O)OCCCCCCOC(=O)OCCCCCCOC(=O)OCCCCCO. The van der Waals surface area contributed by atoms with Crippen molar-refractivity contribution in [3.8, 4) is 0 Å². The van der Waals surface area contributed by atoms with Crippen molar-refractivity contribution in [1.29, 1.82) is 0 Å². The van der Waals surface area contributed by atoms with Crippen LogP contribution < -0.4 is 0 Å². The normalized spacial score (nSPS) is 10.7. The highest BCUT2D eigenvalue weighted by molar-refractivity contribution is 5.61. The molecule has 0 aliphatic carbocycles. The van der Waals surface area contributed by atoms with Crippen molar-refractivity contribution in [2.24, 2.45) is 0 Å². The maximum Gasteiger partial charge on any atom is 0.508 e. The van der Waals surface area contributed by atoms with Gasteiger partial charge in [0.25, 0.3) is 0 Å². The summed E-state index contributed by atoms with van der Waals surface area (Å²) in [5.74, 6) is 0. The third kappa shape index (κ3) is 50.9. The Morgan fingerprint density at radius 2 is 0.353 bits per heavy atom. The Hall–Kier alpha value is -4.46. The lowest BCUT2D eigenvalue weighted by molar-refractivity contribution is 0.0475. The maximum absolute atomic E-state index is 11.8. The fourth-order valence-electron chi connectivity index (χ4n) is 6.00. The smallest absolute Gasteiger partial charge is 0.434 e. The molecule has 0 rings (SSSR count). The van der Waals surface area contributed by atoms with Gasteiger partial charge in [-0.2, -0.15) is 0 Å². The average Bonchev–Trinajstić information content (AvgIpc) is 3.32. The Labute approximate surface area is 404 Å². The van der Waals surface area contributed by atoms with Crippen molar-refractivity contribution in [2.45, 2.75) is 173 Å². The summed E-state index contributed by atoms with van der Waals surface area (Å²) in [5, 5.41) is 8.72. The van der Waals surface area contributed by atoms with Crippen molar-refractivity contribution < 1.29 is 95.5 Å². The summed E-state index contributed by atoms with van der Waals surface area (Å²) in [6, 6.07) is 0. The van der Waals surface area contributed by atoms with E-state index in [1.165, 1.54) is 0 Å². The third-order valence-corrected chi connectivity index (χ3v) is 9.88. The van der Waals surface area contributed by atoms with E-state index < -0.39 is 36.9 Å². The fraction of sp³-hybridized carbons (Fsp3) is 0.875. The van der Waals surface area contributed by atoms with Gasteiger partial charge in [-0.15, -0.1) is 0 Å². The van der Waals surface area contributed by atoms with Gasteiger partial charge in [0, 0.05) is 20.3 Å². The summed E-state index contributed by atoms with van der Waals surface area (Å²) in [5.41, 5.74) is 0. The highest BCUT2D eigenvalue weighted by Gasteiger charge is 2.09. The first-order valence-electron chi connectivity index (χ1n) is 25.2. The number of aliphatic hydroxyl groups is 1. The Morgan fingerprint density at radius 3 is 0.485 bits per heavy atom. The Morgan fingerprint density at radius 1 is 0.221 bits per heavy atom. The van der Waals surface area contributed by atoms with Gasteiger partial charge >= 0.3 is 36.9 Å². The van der Waals surface area contributed by atoms with E-state index >= 15 is 0 Å². The van der Waals surface area contributed by atoms with Crippen molar-refractivity contribution >= 4 is 36.9 Å². The van der Waals surface area contributed by atoms with E-state index in [1.807, 2.05) is 0 Å². The summed E-state index contributed by atoms with van der Waals surface area (Å²) in [7, 11) is 1.68. The zero-order chi connectivity index (χ0) is 49.6. The van der Waals surface area contributed by atoms with Gasteiger partial charge in [0.05, 0.1) is 79.3 Å². The molecule has 0 bridgehead atoms. The molecule has 0 aromatic heterocycles. The molecule has 0 aliphatic rings. The largest absolute Gasteiger partial charge is 0.508 e. The van der Waals surface area contributed by atoms with E-state index in [1.54, 1.807) is 7.11 Å². The topological polar surface area (TPSA) is 243 Å². The summed E-state index contributed by atoms with van der Waals surface area (Å²) in [4.78, 5) is 70.1. The molecule has 0 saturated carbocycles. The lowest BCUT2D eigenvalue weighted by Gasteiger charge is -2.08. The van der Waals surface area contributed by atoms with Crippen LogP contribution in [-0.2, 0) is 61.6 Å². The molecule has 0 aromatic rings. The molecule has 0 saturated heterocycles. The minimum Gasteiger partial charge on any atom is -0.434 e. The molecule has 0 aliphatic heterocycles. The van der Waals surface area contributed by atoms with Gasteiger partial charge in [0.1, 0.15) is 0 Å². The van der Waals surface area contributed by atoms with Crippen LogP contribution in [0, 0.1) is 0 Å². The van der Waals surface area contributed by atoms with E-state index in [0.29, 0.717) is 90.3 Å². The Balaban J connectivity index is 3.39. The van der Waals surface area contributed by atoms with Crippen molar-refractivity contribution in [1.82, 2.24) is 0 Å². The van der Waals surface area contributed by atoms with Crippen LogP contribution in [-0.4, -0.2) is 142 Å². The quantitative estimate of drug-likeness (QED) is 0.0338. The van der Waals surface area contributed by atoms with Gasteiger partial charge < -0.3 is 66.7 Å². The van der Waals surface area contributed by atoms with E-state index in [-0.39, 0.29) is 72.7 Å². The number of rotatable bonds is 47. The molecule has 0 heterocycles. The molecule has 20 heteroatoms. The van der Waals surface area contributed by atoms with E-state index in [0.717, 1.165) is 103 Å². The predicted molar refractivity (Wildman–Crippen MR) is 247 cm³/mol. The molecule has 0 unspecified atom stereocenters. The van der Waals surface area contributed by atoms with Crippen LogP contribution in [0.2, 0.25) is 0 Å². The van der Waals surface area contributed by atoms with Crippen LogP contribution in [0.1, 0.15) is 173 Å². The second-order valence-electron chi connectivity index (χ2n) is 15.9. The van der Waals surface area contributed by atoms with Crippen LogP contribution in [0.3, 0.4) is 0 Å². The summed E-state index contributed by atoms with van der Waals surface area (Å²) in [6.07, 6.45) is 16.8. The first-order valence-corrected chi connectivity index (χ1v) is 25.2. The molecule has 68 heavy (non-hydrogen) atoms. The fourth-order valence-corrected chi connectivity index (χ4v) is 6.00. The number of ether oxygens (including phenoxy) is 13. The van der Waals surface area contributed by atoms with E-state index in [4.69, 9.17) is 66.7 Å². The molecule has 20 nitrogen and oxygen atoms in total. The molecule has 0 amide bonds. The third-order valence-electron chi connectivity index (χ3n) is 9.88. The number of aliphatic hydroxyl groups excluding tert-OH is 1. The molecule has 0 aromatic carbocycles. The lowest BCUT2D eigenvalue weighted by Crippen LogP contribution is -2.11. The van der Waals surface area contributed by atoms with Crippen LogP contribution in [0.5, 0.6) is 0 Å². The van der Waals surface area contributed by atoms with Crippen LogP contribution >= 0.6 is 0 Å². The molecular formula is C48H86O20. The number of unbranched alkanes of at least 4 members (excludes halogenated alkanes) is 20. The number of methoxy groups -OCH3 is 1. The Kier molecular flexibility index (Phi) is 48.5. The standard InChI is InChI=1S/C48H86O20/c1-56-30-16-2-3-17-31-57-43(50)58-32-18-4-5-19-33-59-44(51)60-34-20-6-7-21-35-61-45(52)62-36-22-8-9-23-37-63-46(53)64-38-24-10-11-25-39-65-47(54)66-40-26-12-13-27-41-67-48(55)68-42-28-14-15-29-49/h49H,2-42H2,1H3. The number of hydrogen-bond acceptors (Lipinski definition) is 20. The second kappa shape index (κ2) is 51.9. The number of carbonyl (C=O) groups excluding carboxylic acids is 6. The monoisotopic (exact) mass is 983 g/mol. The van der Waals surface area contributed by atoms with E-state index in [2.05, 4.69) is 0 Å². The molecule has 0 fully saturated rings. The van der Waals surface area contributed by atoms with Crippen molar-refractivity contribution in [3.05, 3.63) is 0 Å². The molecule has 0 radical (unpaired) electrons. The predicted octanol–water partition coefficient (Wildman–Crippen LogP) is 11.1. The first kappa shape index (κ1) is 63.5. The first-order chi connectivity index (χ1) is 33.3. The zero-order valence-corrected chi connectivity index (χ0v) is 41.2. The number of carbonyl (C=O) groups is 6. The lowest BCUT2D eigenvalue weighted by atomic mass is 10.2. The van der Waals surface area contributed by atoms with Crippen molar-refractivity contribution in [2.75, 3.05) is 99.6 Å². The molecular weight excluding hydrogens is 897 g/mol. The minimum absolute atomic E-state index is 0.131. The van der Waals surface area contributed by atoms with Crippen LogP contribution in [0.25, 0.3) is 0 Å². The van der Waals surface area contributed by atoms with Crippen LogP contribution in [0.4, 0.5) is 28.8 Å². The van der Waals surface area contributed by atoms with Gasteiger partial charge in [-0.3, -0.25) is 0 Å². The van der Waals surface area contributed by atoms with Gasteiger partial charge in [-0.25, -0.2) is 28.8 Å². The highest BCUT2D eigenvalue weighted by atomic mass is 16.7. The molecule has 1 N–H and O–H groups in total. The summed E-state index contributed by atoms with van der Waals surface area (Å²) < 4.78 is 65.7. The second-order valence-corrected chi connectivity index (χ2v) is 15.9. The minimum atomic E-state index is -0.707. The average molecular weight is 983 g/mol. The van der Waals surface area contributed by atoms with Gasteiger partial charge in [0.2, 0.25) is 0 Å². The molecule has 398 valence electrons. The number of hydrogen-bond donors (Lipinski definition) is 1. The van der Waals surface area contributed by atoms with Gasteiger partial charge in [0.15, 0.2) is 0 Å². The molecule has 0 atom stereocenters. The van der Waals surface area contributed by atoms with Crippen molar-refractivity contribution in [3.63, 3.8) is 0 Å². The maximum atomic E-state index is 11.8. The summed E-state index contributed by atoms with van der Waals surface area (Å²) >= 11 is 0. The Bertz CT molecular complexity index is 1200. The van der Waals surface area contributed by atoms with Gasteiger partial charge in [-0.05, 0) is 167 Å². The highest BCUT2D eigenvalue weighted by Crippen LogP contribution is 2.08. The van der Waals surface area contributed by atoms with Gasteiger partial charge in [-0.1, -0.05) is 6.42 Å². The summed E-state index contributed by atoms with van der Waals surface area (Å²) in [6.45, 7) is 4.08.